The summed E-state index contributed by atoms with van der Waals surface area (Å²) in [6.07, 6.45) is 11.6. The third-order valence-corrected chi connectivity index (χ3v) is 4.58. The summed E-state index contributed by atoms with van der Waals surface area (Å²) < 4.78 is 1.56. The Hall–Kier alpha value is -1.43. The van der Waals surface area contributed by atoms with Gasteiger partial charge in [-0.25, -0.2) is 9.67 Å². The predicted octanol–water partition coefficient (Wildman–Crippen LogP) is 0.849. The number of nitrogens with one attached hydrogen (secondary N) is 2. The third-order valence-electron chi connectivity index (χ3n) is 4.58. The van der Waals surface area contributed by atoms with Gasteiger partial charge < -0.3 is 10.6 Å². The fraction of sp³-hybridized carbons (Fsp3) is 0.786. The van der Waals surface area contributed by atoms with Crippen molar-refractivity contribution in [2.75, 3.05) is 6.54 Å². The van der Waals surface area contributed by atoms with E-state index in [0.29, 0.717) is 6.04 Å². The van der Waals surface area contributed by atoms with Crippen molar-refractivity contribution in [1.29, 1.82) is 0 Å². The van der Waals surface area contributed by atoms with Crippen molar-refractivity contribution in [3.8, 4) is 0 Å². The van der Waals surface area contributed by atoms with E-state index in [2.05, 4.69) is 20.7 Å². The van der Waals surface area contributed by atoms with Gasteiger partial charge in [0.05, 0.1) is 0 Å². The molecule has 1 atom stereocenters. The monoisotopic (exact) mass is 277 g/mol. The molecule has 1 saturated heterocycles. The summed E-state index contributed by atoms with van der Waals surface area (Å²) >= 11 is 0. The number of nitrogens with zero attached hydrogens (tertiary/aromatic N) is 3. The van der Waals surface area contributed by atoms with Gasteiger partial charge in [-0.15, -0.1) is 0 Å². The van der Waals surface area contributed by atoms with Gasteiger partial charge in [-0.3, -0.25) is 4.79 Å². The van der Waals surface area contributed by atoms with Crippen molar-refractivity contribution in [3.63, 3.8) is 0 Å². The number of rotatable bonds is 3. The van der Waals surface area contributed by atoms with Crippen LogP contribution in [0.1, 0.15) is 44.9 Å². The van der Waals surface area contributed by atoms with Gasteiger partial charge in [-0.05, 0) is 32.2 Å². The molecule has 1 spiro atoms. The Labute approximate surface area is 119 Å². The summed E-state index contributed by atoms with van der Waals surface area (Å²) in [5.74, 6) is 0.0355. The zero-order valence-electron chi connectivity index (χ0n) is 11.8. The maximum atomic E-state index is 12.0. The van der Waals surface area contributed by atoms with E-state index < -0.39 is 0 Å². The Kier molecular flexibility index (Phi) is 4.00. The highest BCUT2D eigenvalue weighted by molar-refractivity contribution is 5.75. The minimum Gasteiger partial charge on any atom is -0.352 e. The van der Waals surface area contributed by atoms with E-state index in [1.165, 1.54) is 38.4 Å². The van der Waals surface area contributed by atoms with Crippen molar-refractivity contribution >= 4 is 5.91 Å². The van der Waals surface area contributed by atoms with Crippen LogP contribution < -0.4 is 10.6 Å². The number of aromatic nitrogens is 3. The van der Waals surface area contributed by atoms with E-state index >= 15 is 0 Å². The molecule has 110 valence electrons. The molecule has 20 heavy (non-hydrogen) atoms. The van der Waals surface area contributed by atoms with Crippen LogP contribution in [-0.2, 0) is 11.3 Å². The lowest BCUT2D eigenvalue weighted by Gasteiger charge is -2.44. The molecule has 1 aromatic heterocycles. The molecular weight excluding hydrogens is 254 g/mol. The highest BCUT2D eigenvalue weighted by atomic mass is 16.2. The molecule has 2 aliphatic rings. The van der Waals surface area contributed by atoms with Gasteiger partial charge in [0.1, 0.15) is 19.2 Å². The van der Waals surface area contributed by atoms with Gasteiger partial charge in [0.25, 0.3) is 0 Å². The topological polar surface area (TPSA) is 71.8 Å². The first kappa shape index (κ1) is 13.5. The summed E-state index contributed by atoms with van der Waals surface area (Å²) in [6.45, 7) is 1.27. The second-order valence-electron chi connectivity index (χ2n) is 6.12. The fourth-order valence-corrected chi connectivity index (χ4v) is 3.62. The number of hydrogen-bond acceptors (Lipinski definition) is 4. The van der Waals surface area contributed by atoms with Crippen LogP contribution in [0.5, 0.6) is 0 Å². The average Bonchev–Trinajstić information content (AvgIpc) is 2.92. The first-order valence-corrected chi connectivity index (χ1v) is 7.63. The molecule has 1 aromatic rings. The Morgan fingerprint density at radius 2 is 2.25 bits per heavy atom. The minimum atomic E-state index is 0.0355. The van der Waals surface area contributed by atoms with Gasteiger partial charge in [0.2, 0.25) is 5.91 Å². The normalized spacial score (nSPS) is 25.5. The standard InChI is InChI=1S/C14H23N5O/c20-13(9-19-11-15-10-17-19)18-12-4-7-16-14(8-12)5-2-1-3-6-14/h10-12,16H,1-9H2,(H,18,20). The van der Waals surface area contributed by atoms with Crippen molar-refractivity contribution < 1.29 is 4.79 Å². The maximum absolute atomic E-state index is 12.0. The van der Waals surface area contributed by atoms with Gasteiger partial charge >= 0.3 is 0 Å². The average molecular weight is 277 g/mol. The van der Waals surface area contributed by atoms with Gasteiger partial charge in [0.15, 0.2) is 0 Å². The molecule has 0 radical (unpaired) electrons. The predicted molar refractivity (Wildman–Crippen MR) is 75.0 cm³/mol. The molecule has 1 aliphatic carbocycles. The summed E-state index contributed by atoms with van der Waals surface area (Å²) in [5.41, 5.74) is 0.279. The maximum Gasteiger partial charge on any atom is 0.242 e. The zero-order chi connectivity index (χ0) is 13.8. The van der Waals surface area contributed by atoms with Gasteiger partial charge in [-0.1, -0.05) is 19.3 Å². The number of carbonyl (C=O) groups is 1. The number of hydrogen-bond donors (Lipinski definition) is 2. The Morgan fingerprint density at radius 3 is 3.00 bits per heavy atom. The Bertz CT molecular complexity index is 433. The molecule has 2 fully saturated rings. The molecule has 0 aromatic carbocycles. The number of amides is 1. The highest BCUT2D eigenvalue weighted by Gasteiger charge is 2.37. The first-order valence-electron chi connectivity index (χ1n) is 7.63. The summed E-state index contributed by atoms with van der Waals surface area (Å²) in [5, 5.41) is 10.8. The Balaban J connectivity index is 1.53. The van der Waals surface area contributed by atoms with Crippen LogP contribution in [0.3, 0.4) is 0 Å². The van der Waals surface area contributed by atoms with E-state index in [1.807, 2.05) is 0 Å². The lowest BCUT2D eigenvalue weighted by atomic mass is 9.75. The quantitative estimate of drug-likeness (QED) is 0.859. The van der Waals surface area contributed by atoms with E-state index in [-0.39, 0.29) is 18.0 Å². The number of carbonyl (C=O) groups excluding carboxylic acids is 1. The molecule has 2 N–H and O–H groups in total. The second-order valence-corrected chi connectivity index (χ2v) is 6.12. The van der Waals surface area contributed by atoms with Gasteiger partial charge in [0, 0.05) is 11.6 Å². The zero-order valence-corrected chi connectivity index (χ0v) is 11.8. The molecule has 1 aliphatic heterocycles. The van der Waals surface area contributed by atoms with Crippen LogP contribution in [0, 0.1) is 0 Å². The number of piperidine rings is 1. The molecule has 6 nitrogen and oxygen atoms in total. The van der Waals surface area contributed by atoms with Gasteiger partial charge in [-0.2, -0.15) is 5.10 Å². The smallest absolute Gasteiger partial charge is 0.242 e. The lowest BCUT2D eigenvalue weighted by Crippen LogP contribution is -2.57. The van der Waals surface area contributed by atoms with Crippen LogP contribution in [0.25, 0.3) is 0 Å². The van der Waals surface area contributed by atoms with E-state index in [4.69, 9.17) is 0 Å². The molecule has 2 heterocycles. The van der Waals surface area contributed by atoms with Crippen LogP contribution in [-0.4, -0.2) is 38.8 Å². The second kappa shape index (κ2) is 5.91. The van der Waals surface area contributed by atoms with Crippen molar-refractivity contribution in [2.45, 2.75) is 63.1 Å². The van der Waals surface area contributed by atoms with Crippen molar-refractivity contribution in [1.82, 2.24) is 25.4 Å². The first-order chi connectivity index (χ1) is 9.76. The highest BCUT2D eigenvalue weighted by Crippen LogP contribution is 2.34. The third kappa shape index (κ3) is 3.17. The van der Waals surface area contributed by atoms with Crippen LogP contribution in [0.4, 0.5) is 0 Å². The molecular formula is C14H23N5O. The van der Waals surface area contributed by atoms with Crippen molar-refractivity contribution in [2.24, 2.45) is 0 Å². The van der Waals surface area contributed by atoms with Crippen LogP contribution in [0.15, 0.2) is 12.7 Å². The van der Waals surface area contributed by atoms with Crippen LogP contribution in [0.2, 0.25) is 0 Å². The van der Waals surface area contributed by atoms with E-state index in [9.17, 15) is 4.79 Å². The minimum absolute atomic E-state index is 0.0355. The lowest BCUT2D eigenvalue weighted by molar-refractivity contribution is -0.123. The largest absolute Gasteiger partial charge is 0.352 e. The van der Waals surface area contributed by atoms with E-state index in [0.717, 1.165) is 19.4 Å². The molecule has 6 heteroatoms. The Morgan fingerprint density at radius 1 is 1.40 bits per heavy atom. The molecule has 1 amide bonds. The van der Waals surface area contributed by atoms with E-state index in [1.54, 1.807) is 11.0 Å². The van der Waals surface area contributed by atoms with Crippen LogP contribution >= 0.6 is 0 Å². The molecule has 1 saturated carbocycles. The SMILES string of the molecule is O=C(Cn1cncn1)NC1CCNC2(CCCCC2)C1. The summed E-state index contributed by atoms with van der Waals surface area (Å²) in [6, 6.07) is 0.297. The molecule has 0 bridgehead atoms. The molecule has 1 unspecified atom stereocenters. The molecule has 3 rings (SSSR count). The fourth-order valence-electron chi connectivity index (χ4n) is 3.62. The summed E-state index contributed by atoms with van der Waals surface area (Å²) in [7, 11) is 0. The van der Waals surface area contributed by atoms with Crippen molar-refractivity contribution in [3.05, 3.63) is 12.7 Å². The summed E-state index contributed by atoms with van der Waals surface area (Å²) in [4.78, 5) is 15.9.